The number of nitriles is 1. The van der Waals surface area contributed by atoms with E-state index in [9.17, 15) is 14.9 Å². The Kier molecular flexibility index (Phi) is 10.2. The largest absolute Gasteiger partial charge is 0.493 e. The Labute approximate surface area is 251 Å². The third-order valence-electron chi connectivity index (χ3n) is 7.89. The number of hydrogen-bond acceptors (Lipinski definition) is 8. The van der Waals surface area contributed by atoms with Crippen molar-refractivity contribution in [1.29, 1.82) is 5.26 Å². The molecular formula is C31H38N4O4S2. The third-order valence-corrected chi connectivity index (χ3v) is 9.26. The zero-order valence-corrected chi connectivity index (χ0v) is 26.1. The van der Waals surface area contributed by atoms with Crippen LogP contribution in [-0.4, -0.2) is 53.5 Å². The molecule has 0 spiro atoms. The van der Waals surface area contributed by atoms with Gasteiger partial charge in [-0.25, -0.2) is 0 Å². The van der Waals surface area contributed by atoms with Crippen LogP contribution in [0.1, 0.15) is 61.8 Å². The summed E-state index contributed by atoms with van der Waals surface area (Å²) in [6.07, 6.45) is 6.24. The van der Waals surface area contributed by atoms with Crippen LogP contribution in [-0.2, 0) is 17.8 Å². The number of nitrogens with zero attached hydrogens (tertiary/aromatic N) is 4. The number of hydrogen-bond donors (Lipinski definition) is 0. The van der Waals surface area contributed by atoms with Gasteiger partial charge < -0.3 is 14.4 Å². The van der Waals surface area contributed by atoms with E-state index in [0.717, 1.165) is 55.7 Å². The molecule has 10 heteroatoms. The molecule has 4 rings (SSSR count). The Morgan fingerprint density at radius 1 is 1.15 bits per heavy atom. The average molecular weight is 595 g/mol. The Morgan fingerprint density at radius 2 is 1.85 bits per heavy atom. The highest BCUT2D eigenvalue weighted by Crippen LogP contribution is 2.37. The summed E-state index contributed by atoms with van der Waals surface area (Å²) in [5.74, 6) is 2.55. The fourth-order valence-corrected chi connectivity index (χ4v) is 6.62. The minimum absolute atomic E-state index is 0.130. The van der Waals surface area contributed by atoms with Crippen LogP contribution in [0.3, 0.4) is 0 Å². The summed E-state index contributed by atoms with van der Waals surface area (Å²) in [7, 11) is 3.19. The van der Waals surface area contributed by atoms with Crippen molar-refractivity contribution in [2.24, 2.45) is 5.92 Å². The Morgan fingerprint density at radius 3 is 2.49 bits per heavy atom. The van der Waals surface area contributed by atoms with Crippen molar-refractivity contribution in [3.8, 4) is 17.6 Å². The van der Waals surface area contributed by atoms with E-state index in [-0.39, 0.29) is 17.0 Å². The van der Waals surface area contributed by atoms with E-state index < -0.39 is 0 Å². The van der Waals surface area contributed by atoms with Gasteiger partial charge in [-0.15, -0.1) is 0 Å². The van der Waals surface area contributed by atoms with Crippen LogP contribution in [0.2, 0.25) is 0 Å². The number of carbonyl (C=O) groups is 1. The molecule has 41 heavy (non-hydrogen) atoms. The van der Waals surface area contributed by atoms with Gasteiger partial charge in [0.15, 0.2) is 11.5 Å². The summed E-state index contributed by atoms with van der Waals surface area (Å²) in [5, 5.41) is 9.94. The van der Waals surface area contributed by atoms with E-state index in [0.29, 0.717) is 51.7 Å². The minimum atomic E-state index is -0.258. The zero-order valence-electron chi connectivity index (χ0n) is 24.5. The molecule has 0 N–H and O–H groups in total. The summed E-state index contributed by atoms with van der Waals surface area (Å²) < 4.78 is 13.0. The van der Waals surface area contributed by atoms with Crippen molar-refractivity contribution in [2.45, 2.75) is 59.4 Å². The van der Waals surface area contributed by atoms with Gasteiger partial charge in [-0.3, -0.25) is 19.1 Å². The van der Waals surface area contributed by atoms with Crippen LogP contribution in [0.25, 0.3) is 6.08 Å². The van der Waals surface area contributed by atoms with Crippen molar-refractivity contribution in [3.05, 3.63) is 55.7 Å². The molecule has 0 unspecified atom stereocenters. The Balaban J connectivity index is 1.70. The molecule has 1 aromatic carbocycles. The summed E-state index contributed by atoms with van der Waals surface area (Å²) >= 11 is 6.90. The molecule has 0 atom stereocenters. The maximum absolute atomic E-state index is 13.6. The van der Waals surface area contributed by atoms with Crippen LogP contribution in [0, 0.1) is 24.2 Å². The predicted molar refractivity (Wildman–Crippen MR) is 169 cm³/mol. The smallest absolute Gasteiger partial charge is 0.270 e. The highest BCUT2D eigenvalue weighted by molar-refractivity contribution is 8.26. The maximum Gasteiger partial charge on any atom is 0.270 e. The molecular weight excluding hydrogens is 556 g/mol. The molecule has 2 aliphatic heterocycles. The molecule has 3 heterocycles. The molecule has 0 radical (unpaired) electrons. The number of aromatic nitrogens is 1. The lowest BCUT2D eigenvalue weighted by molar-refractivity contribution is -0.122. The van der Waals surface area contributed by atoms with E-state index >= 15 is 0 Å². The van der Waals surface area contributed by atoms with Gasteiger partial charge in [0, 0.05) is 31.7 Å². The van der Waals surface area contributed by atoms with Gasteiger partial charge in [0.05, 0.1) is 19.1 Å². The number of amides is 1. The molecule has 1 amide bonds. The third kappa shape index (κ3) is 6.47. The molecule has 2 saturated heterocycles. The minimum Gasteiger partial charge on any atom is -0.493 e. The molecule has 218 valence electrons. The number of thiocarbonyl (C=S) groups is 1. The summed E-state index contributed by atoms with van der Waals surface area (Å²) in [4.78, 5) is 31.5. The topological polar surface area (TPSA) is 87.8 Å². The lowest BCUT2D eigenvalue weighted by Crippen LogP contribution is -2.39. The Bertz CT molecular complexity index is 1450. The number of unbranched alkanes of at least 4 members (excludes halogenated alkanes) is 1. The van der Waals surface area contributed by atoms with Crippen LogP contribution in [0.5, 0.6) is 11.5 Å². The van der Waals surface area contributed by atoms with Crippen molar-refractivity contribution in [2.75, 3.05) is 38.8 Å². The summed E-state index contributed by atoms with van der Waals surface area (Å²) in [6, 6.07) is 7.85. The first kappa shape index (κ1) is 30.7. The first-order chi connectivity index (χ1) is 19.7. The first-order valence-corrected chi connectivity index (χ1v) is 15.3. The Hall–Kier alpha value is -3.29. The normalized spacial score (nSPS) is 16.9. The van der Waals surface area contributed by atoms with Crippen LogP contribution in [0.15, 0.2) is 27.9 Å². The molecule has 0 aliphatic carbocycles. The second-order valence-corrected chi connectivity index (χ2v) is 12.3. The van der Waals surface area contributed by atoms with E-state index in [4.69, 9.17) is 21.7 Å². The van der Waals surface area contributed by atoms with Gasteiger partial charge >= 0.3 is 0 Å². The lowest BCUT2D eigenvalue weighted by atomic mass is 9.97. The fourth-order valence-electron chi connectivity index (χ4n) is 5.33. The number of piperidine rings is 1. The number of rotatable bonds is 10. The summed E-state index contributed by atoms with van der Waals surface area (Å²) in [6.45, 7) is 8.74. The number of anilines is 1. The second kappa shape index (κ2) is 13.6. The molecule has 2 aromatic rings. The highest BCUT2D eigenvalue weighted by atomic mass is 32.2. The van der Waals surface area contributed by atoms with Crippen molar-refractivity contribution in [3.63, 3.8) is 0 Å². The first-order valence-electron chi connectivity index (χ1n) is 14.1. The van der Waals surface area contributed by atoms with E-state index in [1.807, 2.05) is 31.2 Å². The molecule has 0 bridgehead atoms. The van der Waals surface area contributed by atoms with E-state index in [1.54, 1.807) is 23.7 Å². The fraction of sp³-hybridized carbons (Fsp3) is 0.484. The molecule has 8 nitrogen and oxygen atoms in total. The van der Waals surface area contributed by atoms with E-state index in [1.165, 1.54) is 11.8 Å². The number of thioether (sulfide) groups is 1. The number of ether oxygens (including phenoxy) is 2. The van der Waals surface area contributed by atoms with Gasteiger partial charge in [-0.1, -0.05) is 50.3 Å². The lowest BCUT2D eigenvalue weighted by Gasteiger charge is -2.35. The van der Waals surface area contributed by atoms with Crippen molar-refractivity contribution in [1.82, 2.24) is 9.47 Å². The van der Waals surface area contributed by atoms with Gasteiger partial charge in [0.2, 0.25) is 0 Å². The number of pyridine rings is 1. The van der Waals surface area contributed by atoms with Gasteiger partial charge in [-0.2, -0.15) is 5.26 Å². The quantitative estimate of drug-likeness (QED) is 0.262. The second-order valence-electron chi connectivity index (χ2n) is 10.6. The predicted octanol–water partition coefficient (Wildman–Crippen LogP) is 5.53. The zero-order chi connectivity index (χ0) is 29.7. The van der Waals surface area contributed by atoms with Crippen LogP contribution in [0.4, 0.5) is 5.82 Å². The number of benzene rings is 1. The summed E-state index contributed by atoms with van der Waals surface area (Å²) in [5.41, 5.74) is 2.23. The van der Waals surface area contributed by atoms with Crippen LogP contribution < -0.4 is 19.9 Å². The number of methoxy groups -OCH3 is 2. The molecule has 2 aliphatic rings. The van der Waals surface area contributed by atoms with Crippen LogP contribution >= 0.6 is 24.0 Å². The van der Waals surface area contributed by atoms with Crippen molar-refractivity contribution < 1.29 is 14.3 Å². The standard InChI is InChI=1S/C31H38N4O4S2/c1-6-7-13-34-28(33-14-10-20(2)11-15-33)23(21(3)24(19-32)29(34)36)18-27-30(37)35(31(40)41-27)16-12-22-8-9-25(38-4)26(17-22)39-5/h8-9,17-18,20H,6-7,10-16H2,1-5H3/b27-18-. The molecule has 0 saturated carbocycles. The van der Waals surface area contributed by atoms with Gasteiger partial charge in [0.25, 0.3) is 11.5 Å². The highest BCUT2D eigenvalue weighted by Gasteiger charge is 2.33. The SMILES string of the molecule is CCCCn1c(N2CCC(C)CC2)c(/C=C2\SC(=S)N(CCc3ccc(OC)c(OC)c3)C2=O)c(C)c(C#N)c1=O. The van der Waals surface area contributed by atoms with E-state index in [2.05, 4.69) is 24.8 Å². The maximum atomic E-state index is 13.6. The number of carbonyl (C=O) groups excluding carboxylic acids is 1. The molecule has 1 aromatic heterocycles. The monoisotopic (exact) mass is 594 g/mol. The van der Waals surface area contributed by atoms with Gasteiger partial charge in [0.1, 0.15) is 21.8 Å². The van der Waals surface area contributed by atoms with Crippen molar-refractivity contribution >= 4 is 46.1 Å². The van der Waals surface area contributed by atoms with Gasteiger partial charge in [-0.05, 0) is 67.9 Å². The average Bonchev–Trinajstić information content (AvgIpc) is 3.24. The molecule has 2 fully saturated rings.